The number of hydrogen-bond donors (Lipinski definition) is 1. The van der Waals surface area contributed by atoms with Crippen LogP contribution in [-0.4, -0.2) is 15.0 Å². The average molecular weight is 246 g/mol. The molecule has 1 N–H and O–H groups in total. The molecule has 0 aromatic carbocycles. The van der Waals surface area contributed by atoms with Gasteiger partial charge in [-0.05, 0) is 29.8 Å². The van der Waals surface area contributed by atoms with E-state index in [9.17, 15) is 5.26 Å². The molecule has 3 rings (SSSR count). The molecule has 0 aliphatic heterocycles. The van der Waals surface area contributed by atoms with E-state index in [2.05, 4.69) is 21.0 Å². The summed E-state index contributed by atoms with van der Waals surface area (Å²) in [6.07, 6.45) is 8.77. The molecular weight excluding hydrogens is 236 g/mol. The fourth-order valence-electron chi connectivity index (χ4n) is 1.96. The van der Waals surface area contributed by atoms with Gasteiger partial charge in [0.1, 0.15) is 0 Å². The fraction of sp³-hybridized carbons (Fsp3) is 0. The maximum atomic E-state index is 9.34. The van der Waals surface area contributed by atoms with Crippen LogP contribution in [0.15, 0.2) is 49.1 Å². The number of hydrogen-bond acceptors (Lipinski definition) is 3. The lowest BCUT2D eigenvalue weighted by molar-refractivity contribution is 1.32. The van der Waals surface area contributed by atoms with Crippen LogP contribution in [0, 0.1) is 11.3 Å². The van der Waals surface area contributed by atoms with Gasteiger partial charge in [0.05, 0.1) is 22.7 Å². The summed E-state index contributed by atoms with van der Waals surface area (Å²) in [6.45, 7) is 0. The fourth-order valence-corrected chi connectivity index (χ4v) is 1.96. The molecule has 0 aliphatic carbocycles. The van der Waals surface area contributed by atoms with Crippen LogP contribution in [0.3, 0.4) is 0 Å². The summed E-state index contributed by atoms with van der Waals surface area (Å²) in [5.41, 5.74) is 3.99. The van der Waals surface area contributed by atoms with Crippen molar-refractivity contribution in [1.82, 2.24) is 15.0 Å². The molecule has 0 bridgehead atoms. The van der Waals surface area contributed by atoms with Crippen LogP contribution in [0.25, 0.3) is 22.7 Å². The molecule has 0 saturated heterocycles. The van der Waals surface area contributed by atoms with Gasteiger partial charge in [-0.2, -0.15) is 5.26 Å². The topological polar surface area (TPSA) is 65.4 Å². The van der Waals surface area contributed by atoms with E-state index in [-0.39, 0.29) is 0 Å². The molecule has 3 heterocycles. The third-order valence-corrected chi connectivity index (χ3v) is 2.84. The molecular formula is C15H10N4. The second kappa shape index (κ2) is 4.75. The van der Waals surface area contributed by atoms with Gasteiger partial charge < -0.3 is 4.98 Å². The summed E-state index contributed by atoms with van der Waals surface area (Å²) in [7, 11) is 0. The van der Waals surface area contributed by atoms with E-state index in [0.717, 1.165) is 22.2 Å². The highest BCUT2D eigenvalue weighted by atomic mass is 14.8. The van der Waals surface area contributed by atoms with Crippen molar-refractivity contribution in [2.45, 2.75) is 0 Å². The number of H-pyrrole nitrogens is 1. The Morgan fingerprint density at radius 1 is 1.26 bits per heavy atom. The Morgan fingerprint density at radius 2 is 2.16 bits per heavy atom. The van der Waals surface area contributed by atoms with Crippen molar-refractivity contribution >= 4 is 22.7 Å². The van der Waals surface area contributed by atoms with Crippen molar-refractivity contribution < 1.29 is 0 Å². The first-order valence-corrected chi connectivity index (χ1v) is 5.83. The Balaban J connectivity index is 2.14. The Kier molecular flexibility index (Phi) is 2.79. The van der Waals surface area contributed by atoms with Gasteiger partial charge in [0.15, 0.2) is 0 Å². The lowest BCUT2D eigenvalue weighted by Gasteiger charge is -1.97. The summed E-state index contributed by atoms with van der Waals surface area (Å²) >= 11 is 0. The summed E-state index contributed by atoms with van der Waals surface area (Å²) < 4.78 is 0. The van der Waals surface area contributed by atoms with Crippen molar-refractivity contribution in [3.05, 3.63) is 60.2 Å². The highest BCUT2D eigenvalue weighted by molar-refractivity contribution is 5.99. The monoisotopic (exact) mass is 246 g/mol. The largest absolute Gasteiger partial charge is 0.359 e. The zero-order valence-corrected chi connectivity index (χ0v) is 10.0. The van der Waals surface area contributed by atoms with Crippen molar-refractivity contribution in [2.75, 3.05) is 0 Å². The summed E-state index contributed by atoms with van der Waals surface area (Å²) in [4.78, 5) is 11.5. The molecule has 90 valence electrons. The first-order valence-electron chi connectivity index (χ1n) is 5.83. The Morgan fingerprint density at radius 3 is 2.95 bits per heavy atom. The summed E-state index contributed by atoms with van der Waals surface area (Å²) in [6, 6.07) is 9.77. The van der Waals surface area contributed by atoms with E-state index in [4.69, 9.17) is 0 Å². The molecule has 4 nitrogen and oxygen atoms in total. The van der Waals surface area contributed by atoms with Crippen molar-refractivity contribution in [3.63, 3.8) is 0 Å². The van der Waals surface area contributed by atoms with Gasteiger partial charge >= 0.3 is 0 Å². The molecule has 0 radical (unpaired) electrons. The Hall–Kier alpha value is -2.93. The van der Waals surface area contributed by atoms with E-state index >= 15 is 0 Å². The molecule has 4 heteroatoms. The molecule has 0 fully saturated rings. The number of fused-ring (bicyclic) bond motifs is 1. The van der Waals surface area contributed by atoms with Crippen LogP contribution in [0.1, 0.15) is 11.1 Å². The molecule has 3 aromatic rings. The number of nitrogens with zero attached hydrogens (tertiary/aromatic N) is 3. The van der Waals surface area contributed by atoms with E-state index in [0.29, 0.717) is 5.57 Å². The van der Waals surface area contributed by atoms with Crippen molar-refractivity contribution in [2.24, 2.45) is 0 Å². The van der Waals surface area contributed by atoms with Crippen LogP contribution in [0.5, 0.6) is 0 Å². The van der Waals surface area contributed by atoms with Crippen LogP contribution in [0.2, 0.25) is 0 Å². The van der Waals surface area contributed by atoms with E-state index in [1.54, 1.807) is 18.6 Å². The highest BCUT2D eigenvalue weighted by Gasteiger charge is 2.09. The maximum absolute atomic E-state index is 9.34. The molecule has 0 amide bonds. The van der Waals surface area contributed by atoms with Crippen LogP contribution >= 0.6 is 0 Å². The lowest BCUT2D eigenvalue weighted by atomic mass is 10.1. The van der Waals surface area contributed by atoms with Crippen molar-refractivity contribution in [3.8, 4) is 6.07 Å². The number of allylic oxidation sites excluding steroid dienone is 1. The van der Waals surface area contributed by atoms with Gasteiger partial charge in [-0.25, -0.2) is 0 Å². The van der Waals surface area contributed by atoms with Crippen molar-refractivity contribution in [1.29, 1.82) is 5.26 Å². The highest BCUT2D eigenvalue weighted by Crippen LogP contribution is 2.24. The van der Waals surface area contributed by atoms with E-state index < -0.39 is 0 Å². The Labute approximate surface area is 110 Å². The minimum absolute atomic E-state index is 0.568. The number of aromatic amines is 1. The smallest absolute Gasteiger partial charge is 0.0999 e. The van der Waals surface area contributed by atoms with E-state index in [1.165, 1.54) is 0 Å². The molecule has 0 aliphatic rings. The first kappa shape index (κ1) is 11.2. The number of pyridine rings is 2. The summed E-state index contributed by atoms with van der Waals surface area (Å²) in [5, 5.41) is 9.34. The number of rotatable bonds is 2. The molecule has 0 saturated carbocycles. The first-order chi connectivity index (χ1) is 9.38. The zero-order valence-electron chi connectivity index (χ0n) is 10.0. The third kappa shape index (κ3) is 2.09. The zero-order chi connectivity index (χ0) is 13.1. The van der Waals surface area contributed by atoms with Crippen LogP contribution < -0.4 is 0 Å². The van der Waals surface area contributed by atoms with Gasteiger partial charge in [0.2, 0.25) is 0 Å². The number of nitriles is 1. The lowest BCUT2D eigenvalue weighted by Crippen LogP contribution is -1.83. The quantitative estimate of drug-likeness (QED) is 0.707. The molecule has 19 heavy (non-hydrogen) atoms. The second-order valence-electron chi connectivity index (χ2n) is 4.06. The minimum atomic E-state index is 0.568. The predicted octanol–water partition coefficient (Wildman–Crippen LogP) is 3.02. The number of aromatic nitrogens is 3. The third-order valence-electron chi connectivity index (χ3n) is 2.84. The average Bonchev–Trinajstić information content (AvgIpc) is 2.90. The molecule has 0 spiro atoms. The molecule has 3 aromatic heterocycles. The Bertz CT molecular complexity index is 779. The molecule has 0 atom stereocenters. The van der Waals surface area contributed by atoms with Gasteiger partial charge in [-0.1, -0.05) is 6.07 Å². The summed E-state index contributed by atoms with van der Waals surface area (Å²) in [5.74, 6) is 0. The van der Waals surface area contributed by atoms with Gasteiger partial charge in [-0.3, -0.25) is 9.97 Å². The van der Waals surface area contributed by atoms with Gasteiger partial charge in [-0.15, -0.1) is 0 Å². The number of nitrogens with one attached hydrogen (secondary N) is 1. The van der Waals surface area contributed by atoms with Crippen LogP contribution in [0.4, 0.5) is 0 Å². The van der Waals surface area contributed by atoms with Crippen LogP contribution in [-0.2, 0) is 0 Å². The van der Waals surface area contributed by atoms with Gasteiger partial charge in [0, 0.05) is 30.4 Å². The minimum Gasteiger partial charge on any atom is -0.359 e. The predicted molar refractivity (Wildman–Crippen MR) is 73.8 cm³/mol. The SMILES string of the molecule is N#C/C(=C\c1cccnc1)c1c[nH]c2cccnc12. The second-order valence-corrected chi connectivity index (χ2v) is 4.06. The van der Waals surface area contributed by atoms with E-state index in [1.807, 2.05) is 36.5 Å². The van der Waals surface area contributed by atoms with Gasteiger partial charge in [0.25, 0.3) is 0 Å². The maximum Gasteiger partial charge on any atom is 0.0999 e. The standard InChI is InChI=1S/C15H10N4/c16-8-12(7-11-3-1-5-17-9-11)13-10-19-14-4-2-6-18-15(13)14/h1-7,9-10,19H/b12-7+. The normalized spacial score (nSPS) is 11.4. The molecule has 0 unspecified atom stereocenters.